The Morgan fingerprint density at radius 2 is 2.06 bits per heavy atom. The molecule has 0 fully saturated rings. The van der Waals surface area contributed by atoms with E-state index in [1.165, 1.54) is 0 Å². The van der Waals surface area contributed by atoms with E-state index < -0.39 is 0 Å². The predicted octanol–water partition coefficient (Wildman–Crippen LogP) is 2.18. The smallest absolute Gasteiger partial charge is 0.130 e. The van der Waals surface area contributed by atoms with Crippen molar-refractivity contribution in [1.82, 2.24) is 5.16 Å². The fourth-order valence-corrected chi connectivity index (χ4v) is 1.53. The SMILES string of the molecule is CC(O)Cc1ccc(OCc2cnoc2)cc1. The average Bonchev–Trinajstić information content (AvgIpc) is 2.80. The van der Waals surface area contributed by atoms with Gasteiger partial charge in [-0.1, -0.05) is 17.3 Å². The van der Waals surface area contributed by atoms with Gasteiger partial charge in [0.25, 0.3) is 0 Å². The average molecular weight is 233 g/mol. The van der Waals surface area contributed by atoms with Crippen LogP contribution in [0.2, 0.25) is 0 Å². The zero-order chi connectivity index (χ0) is 12.1. The summed E-state index contributed by atoms with van der Waals surface area (Å²) >= 11 is 0. The molecule has 4 heteroatoms. The first-order chi connectivity index (χ1) is 8.24. The fraction of sp³-hybridized carbons (Fsp3) is 0.308. The molecule has 1 aromatic carbocycles. The van der Waals surface area contributed by atoms with Gasteiger partial charge >= 0.3 is 0 Å². The van der Waals surface area contributed by atoms with Crippen LogP contribution in [0.1, 0.15) is 18.1 Å². The van der Waals surface area contributed by atoms with E-state index >= 15 is 0 Å². The zero-order valence-electron chi connectivity index (χ0n) is 9.67. The second kappa shape index (κ2) is 5.50. The highest BCUT2D eigenvalue weighted by molar-refractivity contribution is 5.27. The summed E-state index contributed by atoms with van der Waals surface area (Å²) in [7, 11) is 0. The number of nitrogens with zero attached hydrogens (tertiary/aromatic N) is 1. The second-order valence-corrected chi connectivity index (χ2v) is 4.02. The van der Waals surface area contributed by atoms with Gasteiger partial charge in [0.1, 0.15) is 18.6 Å². The highest BCUT2D eigenvalue weighted by Gasteiger charge is 2.01. The third-order valence-electron chi connectivity index (χ3n) is 2.34. The van der Waals surface area contributed by atoms with Crippen molar-refractivity contribution in [3.8, 4) is 5.75 Å². The van der Waals surface area contributed by atoms with Crippen molar-refractivity contribution >= 4 is 0 Å². The molecule has 0 saturated carbocycles. The van der Waals surface area contributed by atoms with Crippen molar-refractivity contribution in [1.29, 1.82) is 0 Å². The molecule has 0 aliphatic heterocycles. The van der Waals surface area contributed by atoms with Crippen LogP contribution in [0.5, 0.6) is 5.75 Å². The number of rotatable bonds is 5. The molecule has 0 aliphatic rings. The van der Waals surface area contributed by atoms with E-state index in [1.807, 2.05) is 24.3 Å². The summed E-state index contributed by atoms with van der Waals surface area (Å²) in [6.45, 7) is 2.22. The molecule has 1 unspecified atom stereocenters. The van der Waals surface area contributed by atoms with Crippen LogP contribution in [0.15, 0.2) is 41.2 Å². The van der Waals surface area contributed by atoms with E-state index in [0.29, 0.717) is 13.0 Å². The van der Waals surface area contributed by atoms with Gasteiger partial charge in [-0.2, -0.15) is 0 Å². The molecule has 0 amide bonds. The minimum Gasteiger partial charge on any atom is -0.489 e. The van der Waals surface area contributed by atoms with E-state index in [4.69, 9.17) is 9.26 Å². The molecule has 1 heterocycles. The zero-order valence-corrected chi connectivity index (χ0v) is 9.67. The Morgan fingerprint density at radius 1 is 1.29 bits per heavy atom. The van der Waals surface area contributed by atoms with Crippen molar-refractivity contribution < 1.29 is 14.4 Å². The van der Waals surface area contributed by atoms with Gasteiger partial charge in [0, 0.05) is 5.56 Å². The Labute approximate surface area is 99.8 Å². The Morgan fingerprint density at radius 3 is 2.65 bits per heavy atom. The molecule has 1 aromatic heterocycles. The number of aromatic nitrogens is 1. The van der Waals surface area contributed by atoms with E-state index in [0.717, 1.165) is 16.9 Å². The summed E-state index contributed by atoms with van der Waals surface area (Å²) in [5, 5.41) is 12.9. The number of hydrogen-bond acceptors (Lipinski definition) is 4. The van der Waals surface area contributed by atoms with Crippen molar-refractivity contribution in [2.24, 2.45) is 0 Å². The third-order valence-corrected chi connectivity index (χ3v) is 2.34. The standard InChI is InChI=1S/C13H15NO3/c1-10(15)6-11-2-4-13(5-3-11)16-8-12-7-14-17-9-12/h2-5,7,9-10,15H,6,8H2,1H3. The van der Waals surface area contributed by atoms with Crippen LogP contribution in [-0.2, 0) is 13.0 Å². The molecule has 17 heavy (non-hydrogen) atoms. The summed E-state index contributed by atoms with van der Waals surface area (Å²) in [5.41, 5.74) is 2.00. The van der Waals surface area contributed by atoms with Gasteiger partial charge in [-0.3, -0.25) is 0 Å². The summed E-state index contributed by atoms with van der Waals surface area (Å²) in [6, 6.07) is 7.70. The molecule has 0 aliphatic carbocycles. The van der Waals surface area contributed by atoms with Crippen molar-refractivity contribution in [3.05, 3.63) is 47.9 Å². The molecule has 2 rings (SSSR count). The lowest BCUT2D eigenvalue weighted by atomic mass is 10.1. The number of ether oxygens (including phenoxy) is 1. The van der Waals surface area contributed by atoms with Crippen LogP contribution in [-0.4, -0.2) is 16.4 Å². The number of aliphatic hydroxyl groups excluding tert-OH is 1. The first-order valence-corrected chi connectivity index (χ1v) is 5.52. The molecule has 0 saturated heterocycles. The molecule has 0 radical (unpaired) electrons. The van der Waals surface area contributed by atoms with Crippen LogP contribution in [0, 0.1) is 0 Å². The van der Waals surface area contributed by atoms with Gasteiger partial charge in [0.15, 0.2) is 0 Å². The van der Waals surface area contributed by atoms with Gasteiger partial charge in [-0.05, 0) is 31.0 Å². The first-order valence-electron chi connectivity index (χ1n) is 5.52. The molecule has 1 atom stereocenters. The summed E-state index contributed by atoms with van der Waals surface area (Å²) < 4.78 is 10.3. The Kier molecular flexibility index (Phi) is 3.77. The van der Waals surface area contributed by atoms with E-state index in [1.54, 1.807) is 19.4 Å². The number of hydrogen-bond donors (Lipinski definition) is 1. The summed E-state index contributed by atoms with van der Waals surface area (Å²) in [4.78, 5) is 0. The Bertz CT molecular complexity index is 434. The normalized spacial score (nSPS) is 12.4. The van der Waals surface area contributed by atoms with Crippen LogP contribution in [0.4, 0.5) is 0 Å². The van der Waals surface area contributed by atoms with Crippen molar-refractivity contribution in [2.75, 3.05) is 0 Å². The Hall–Kier alpha value is -1.81. The maximum Gasteiger partial charge on any atom is 0.130 e. The third kappa shape index (κ3) is 3.60. The maximum absolute atomic E-state index is 9.25. The summed E-state index contributed by atoms with van der Waals surface area (Å²) in [6.07, 6.45) is 3.52. The van der Waals surface area contributed by atoms with Gasteiger partial charge in [-0.15, -0.1) is 0 Å². The molecule has 0 spiro atoms. The van der Waals surface area contributed by atoms with Crippen molar-refractivity contribution in [2.45, 2.75) is 26.1 Å². The number of benzene rings is 1. The van der Waals surface area contributed by atoms with E-state index in [2.05, 4.69) is 5.16 Å². The lowest BCUT2D eigenvalue weighted by Crippen LogP contribution is -2.03. The molecule has 1 N–H and O–H groups in total. The van der Waals surface area contributed by atoms with Gasteiger partial charge in [0.2, 0.25) is 0 Å². The first kappa shape index (κ1) is 11.7. The van der Waals surface area contributed by atoms with Gasteiger partial charge in [0.05, 0.1) is 12.3 Å². The van der Waals surface area contributed by atoms with Crippen LogP contribution < -0.4 is 4.74 Å². The molecule has 2 aromatic rings. The van der Waals surface area contributed by atoms with Crippen LogP contribution in [0.3, 0.4) is 0 Å². The molecule has 90 valence electrons. The van der Waals surface area contributed by atoms with Crippen molar-refractivity contribution in [3.63, 3.8) is 0 Å². The molecular weight excluding hydrogens is 218 g/mol. The topological polar surface area (TPSA) is 55.5 Å². The van der Waals surface area contributed by atoms with E-state index in [-0.39, 0.29) is 6.10 Å². The largest absolute Gasteiger partial charge is 0.489 e. The minimum absolute atomic E-state index is 0.321. The van der Waals surface area contributed by atoms with E-state index in [9.17, 15) is 5.11 Å². The van der Waals surface area contributed by atoms with Gasteiger partial charge < -0.3 is 14.4 Å². The maximum atomic E-state index is 9.25. The van der Waals surface area contributed by atoms with Crippen LogP contribution in [0.25, 0.3) is 0 Å². The lowest BCUT2D eigenvalue weighted by molar-refractivity contribution is 0.195. The predicted molar refractivity (Wildman–Crippen MR) is 62.7 cm³/mol. The van der Waals surface area contributed by atoms with Gasteiger partial charge in [-0.25, -0.2) is 0 Å². The highest BCUT2D eigenvalue weighted by atomic mass is 16.5. The quantitative estimate of drug-likeness (QED) is 0.860. The lowest BCUT2D eigenvalue weighted by Gasteiger charge is -2.07. The highest BCUT2D eigenvalue weighted by Crippen LogP contribution is 2.15. The molecular formula is C13H15NO3. The minimum atomic E-state index is -0.321. The molecule has 4 nitrogen and oxygen atoms in total. The second-order valence-electron chi connectivity index (χ2n) is 4.02. The fourth-order valence-electron chi connectivity index (χ4n) is 1.53. The molecule has 0 bridgehead atoms. The monoisotopic (exact) mass is 233 g/mol. The Balaban J connectivity index is 1.89. The number of aliphatic hydroxyl groups is 1. The summed E-state index contributed by atoms with van der Waals surface area (Å²) in [5.74, 6) is 0.792. The van der Waals surface area contributed by atoms with Crippen LogP contribution >= 0.6 is 0 Å².